The molecule has 2 aliphatic rings. The molecule has 6 N–H and O–H groups in total. The fraction of sp³-hybridized carbons (Fsp3) is 0.579. The van der Waals surface area contributed by atoms with E-state index in [9.17, 15) is 29.7 Å². The van der Waals surface area contributed by atoms with Gasteiger partial charge in [-0.15, -0.1) is 0 Å². The lowest BCUT2D eigenvalue weighted by Crippen LogP contribution is -2.65. The van der Waals surface area contributed by atoms with Gasteiger partial charge in [-0.05, 0) is 39.5 Å². The fourth-order valence-electron chi connectivity index (χ4n) is 3.04. The number of aliphatic hydroxyl groups is 3. The van der Waals surface area contributed by atoms with Crippen molar-refractivity contribution in [1.29, 1.82) is 0 Å². The van der Waals surface area contributed by atoms with Gasteiger partial charge in [-0.25, -0.2) is 0 Å². The second-order valence-electron chi connectivity index (χ2n) is 7.10. The van der Waals surface area contributed by atoms with E-state index in [1.54, 1.807) is 25.7 Å². The molecule has 1 unspecified atom stereocenters. The Balaban J connectivity index is 1.97. The lowest BCUT2D eigenvalue weighted by molar-refractivity contribution is -0.266. The molecule has 11 nitrogen and oxygen atoms in total. The van der Waals surface area contributed by atoms with Gasteiger partial charge in [0.1, 0.15) is 36.5 Å². The Kier molecular flexibility index (Phi) is 8.98. The molecule has 7 atom stereocenters. The third-order valence-corrected chi connectivity index (χ3v) is 4.66. The van der Waals surface area contributed by atoms with Gasteiger partial charge in [0.2, 0.25) is 17.7 Å². The normalized spacial score (nSPS) is 31.6. The number of nitrogens with one attached hydrogen (secondary N) is 3. The summed E-state index contributed by atoms with van der Waals surface area (Å²) in [5.41, 5.74) is 0. The van der Waals surface area contributed by atoms with Crippen LogP contribution in [0.2, 0.25) is 0 Å². The van der Waals surface area contributed by atoms with E-state index in [2.05, 4.69) is 16.0 Å². The van der Waals surface area contributed by atoms with Gasteiger partial charge in [-0.2, -0.15) is 0 Å². The topological polar surface area (TPSA) is 166 Å². The largest absolute Gasteiger partial charge is 0.394 e. The van der Waals surface area contributed by atoms with Crippen molar-refractivity contribution < 1.29 is 39.2 Å². The van der Waals surface area contributed by atoms with Crippen LogP contribution in [0.1, 0.15) is 20.8 Å². The smallest absolute Gasteiger partial charge is 0.249 e. The molecular formula is C19H28N3O8. The maximum atomic E-state index is 12.5. The van der Waals surface area contributed by atoms with Gasteiger partial charge in [-0.3, -0.25) is 14.4 Å². The minimum atomic E-state index is -1.57. The number of amides is 3. The second-order valence-corrected chi connectivity index (χ2v) is 7.10. The Labute approximate surface area is 175 Å². The van der Waals surface area contributed by atoms with Crippen molar-refractivity contribution in [1.82, 2.24) is 16.0 Å². The molecule has 167 valence electrons. The van der Waals surface area contributed by atoms with Gasteiger partial charge in [0, 0.05) is 6.92 Å². The third kappa shape index (κ3) is 6.35. The zero-order valence-electron chi connectivity index (χ0n) is 16.9. The summed E-state index contributed by atoms with van der Waals surface area (Å²) in [6.45, 7) is 3.49. The van der Waals surface area contributed by atoms with E-state index in [4.69, 9.17) is 9.47 Å². The Hall–Kier alpha value is -1.79. The summed E-state index contributed by atoms with van der Waals surface area (Å²) in [6.07, 6.45) is 0.364. The molecule has 0 aromatic heterocycles. The number of carbonyl (C=O) groups is 3. The summed E-state index contributed by atoms with van der Waals surface area (Å²) < 4.78 is 10.7. The van der Waals surface area contributed by atoms with E-state index < -0.39 is 67.1 Å². The van der Waals surface area contributed by atoms with Crippen molar-refractivity contribution in [3.8, 4) is 0 Å². The Morgan fingerprint density at radius 1 is 1.17 bits per heavy atom. The quantitative estimate of drug-likeness (QED) is 0.244. The van der Waals surface area contributed by atoms with Gasteiger partial charge in [0.15, 0.2) is 6.29 Å². The van der Waals surface area contributed by atoms with Crippen molar-refractivity contribution in [2.75, 3.05) is 6.61 Å². The van der Waals surface area contributed by atoms with E-state index in [1.165, 1.54) is 20.8 Å². The predicted octanol–water partition coefficient (Wildman–Crippen LogP) is -2.68. The standard InChI is InChI=1S/C19H28N3O8/c1-9(17(26)22-12-6-4-5-7-12)20-18(27)10(2)29-16-14(21-11(3)24)19(28)30-13(8-23)15(16)25/h4-7,9-10,13-16,19,23,25,28H,8H2,1-3H3,(H,20,27)(H,21,24)(H,22,26)/t9-,10+,13+,14+,15+,16+,19?/m0/s1. The minimum Gasteiger partial charge on any atom is -0.394 e. The molecule has 1 saturated heterocycles. The molecule has 11 heteroatoms. The highest BCUT2D eigenvalue weighted by atomic mass is 16.6. The summed E-state index contributed by atoms with van der Waals surface area (Å²) >= 11 is 0. The first-order valence-corrected chi connectivity index (χ1v) is 9.52. The molecule has 2 fully saturated rings. The van der Waals surface area contributed by atoms with Crippen LogP contribution < -0.4 is 16.0 Å². The first-order valence-electron chi connectivity index (χ1n) is 9.52. The minimum absolute atomic E-state index is 0.431. The average Bonchev–Trinajstić information content (AvgIpc) is 3.19. The van der Waals surface area contributed by atoms with Crippen LogP contribution in [0.3, 0.4) is 0 Å². The van der Waals surface area contributed by atoms with Crippen LogP contribution >= 0.6 is 0 Å². The molecule has 2 rings (SSSR count). The number of rotatable bonds is 8. The molecular weight excluding hydrogens is 398 g/mol. The van der Waals surface area contributed by atoms with Crippen molar-refractivity contribution in [3.05, 3.63) is 31.7 Å². The fourth-order valence-corrected chi connectivity index (χ4v) is 3.04. The Morgan fingerprint density at radius 2 is 1.80 bits per heavy atom. The van der Waals surface area contributed by atoms with Crippen LogP contribution in [-0.2, 0) is 23.9 Å². The number of carbonyl (C=O) groups excluding carboxylic acids is 3. The molecule has 5 radical (unpaired) electrons. The highest BCUT2D eigenvalue weighted by Crippen LogP contribution is 2.24. The van der Waals surface area contributed by atoms with Crippen molar-refractivity contribution >= 4 is 17.7 Å². The zero-order chi connectivity index (χ0) is 22.4. The van der Waals surface area contributed by atoms with Gasteiger partial charge in [-0.1, -0.05) is 0 Å². The van der Waals surface area contributed by atoms with E-state index in [-0.39, 0.29) is 0 Å². The number of hydrogen-bond donors (Lipinski definition) is 6. The predicted molar refractivity (Wildman–Crippen MR) is 102 cm³/mol. The summed E-state index contributed by atoms with van der Waals surface area (Å²) in [6, 6.07) is -1.45. The monoisotopic (exact) mass is 426 g/mol. The first-order chi connectivity index (χ1) is 14.1. The molecule has 1 aliphatic heterocycles. The van der Waals surface area contributed by atoms with Crippen molar-refractivity contribution in [3.63, 3.8) is 0 Å². The summed E-state index contributed by atoms with van der Waals surface area (Å²) in [5.74, 6) is -1.59. The van der Waals surface area contributed by atoms with Crippen LogP contribution in [0.5, 0.6) is 0 Å². The van der Waals surface area contributed by atoms with Crippen LogP contribution in [0.4, 0.5) is 0 Å². The van der Waals surface area contributed by atoms with E-state index in [0.717, 1.165) is 0 Å². The van der Waals surface area contributed by atoms with Gasteiger partial charge < -0.3 is 40.7 Å². The van der Waals surface area contributed by atoms with Crippen molar-refractivity contribution in [2.45, 2.75) is 63.6 Å². The van der Waals surface area contributed by atoms with E-state index in [0.29, 0.717) is 6.04 Å². The average molecular weight is 426 g/mol. The maximum absolute atomic E-state index is 12.5. The van der Waals surface area contributed by atoms with Crippen LogP contribution in [0.15, 0.2) is 0 Å². The van der Waals surface area contributed by atoms with Crippen LogP contribution in [0, 0.1) is 31.7 Å². The van der Waals surface area contributed by atoms with Crippen molar-refractivity contribution in [2.24, 2.45) is 0 Å². The highest BCUT2D eigenvalue weighted by molar-refractivity contribution is 5.89. The summed E-state index contributed by atoms with van der Waals surface area (Å²) in [4.78, 5) is 36.1. The molecule has 1 aliphatic carbocycles. The first kappa shape index (κ1) is 24.5. The maximum Gasteiger partial charge on any atom is 0.249 e. The third-order valence-electron chi connectivity index (χ3n) is 4.66. The number of aliphatic hydroxyl groups excluding tert-OH is 3. The zero-order valence-corrected chi connectivity index (χ0v) is 16.9. The van der Waals surface area contributed by atoms with E-state index >= 15 is 0 Å². The van der Waals surface area contributed by atoms with Crippen LogP contribution in [0.25, 0.3) is 0 Å². The molecule has 30 heavy (non-hydrogen) atoms. The summed E-state index contributed by atoms with van der Waals surface area (Å²) in [7, 11) is 0. The molecule has 1 heterocycles. The molecule has 0 bridgehead atoms. The molecule has 0 spiro atoms. The SMILES string of the molecule is CC(=O)N[C@H]1C(O)O[C@H](CO)[C@@H](O)[C@@H]1O[C@H](C)C(=O)N[C@@H](C)C(=O)N[C]1[CH][CH][CH][CH]1. The van der Waals surface area contributed by atoms with Gasteiger partial charge in [0.25, 0.3) is 0 Å². The highest BCUT2D eigenvalue weighted by Gasteiger charge is 2.46. The van der Waals surface area contributed by atoms with Crippen LogP contribution in [-0.4, -0.2) is 82.4 Å². The molecule has 3 amide bonds. The Morgan fingerprint density at radius 3 is 2.37 bits per heavy atom. The molecule has 0 aromatic carbocycles. The lowest BCUT2D eigenvalue weighted by atomic mass is 9.96. The lowest BCUT2D eigenvalue weighted by Gasteiger charge is -2.43. The van der Waals surface area contributed by atoms with Gasteiger partial charge >= 0.3 is 0 Å². The Bertz CT molecular complexity index is 613. The number of hydrogen-bond acceptors (Lipinski definition) is 8. The molecule has 0 aromatic rings. The number of ether oxygens (including phenoxy) is 2. The summed E-state index contributed by atoms with van der Waals surface area (Å²) in [5, 5.41) is 37.4. The van der Waals surface area contributed by atoms with E-state index in [1.807, 2.05) is 0 Å². The molecule has 1 saturated carbocycles. The second kappa shape index (κ2) is 11.0. The van der Waals surface area contributed by atoms with Gasteiger partial charge in [0.05, 0.1) is 12.6 Å².